The predicted molar refractivity (Wildman–Crippen MR) is 108 cm³/mol. The Bertz CT molecular complexity index is 439. The Labute approximate surface area is 160 Å². The number of guanidine groups is 1. The smallest absolute Gasteiger partial charge is 0.305 e. The molecule has 0 fully saturated rings. The van der Waals surface area contributed by atoms with Crippen LogP contribution in [0.2, 0.25) is 0 Å². The Morgan fingerprint density at radius 3 is 2.61 bits per heavy atom. The summed E-state index contributed by atoms with van der Waals surface area (Å²) in [5, 5.41) is 8.73. The molecule has 1 rings (SSSR count). The first-order chi connectivity index (χ1) is 10.8. The molecule has 0 aliphatic rings. The number of thiophene rings is 1. The molecule has 5 nitrogen and oxygen atoms in total. The van der Waals surface area contributed by atoms with Gasteiger partial charge in [0.25, 0.3) is 0 Å². The van der Waals surface area contributed by atoms with E-state index in [1.165, 1.54) is 12.0 Å². The molecule has 0 unspecified atom stereocenters. The maximum Gasteiger partial charge on any atom is 0.305 e. The lowest BCUT2D eigenvalue weighted by molar-refractivity contribution is -0.140. The number of hydrogen-bond acceptors (Lipinski definition) is 4. The molecule has 0 spiro atoms. The Morgan fingerprint density at radius 1 is 1.22 bits per heavy atom. The third kappa shape index (κ3) is 11.4. The molecule has 0 bridgehead atoms. The van der Waals surface area contributed by atoms with Gasteiger partial charge < -0.3 is 15.4 Å². The number of methoxy groups -OCH3 is 1. The predicted octanol–water partition coefficient (Wildman–Crippen LogP) is 3.20. The van der Waals surface area contributed by atoms with Crippen LogP contribution in [0.4, 0.5) is 0 Å². The second kappa shape index (κ2) is 14.7. The lowest BCUT2D eigenvalue weighted by atomic mass is 10.1. The molecule has 0 radical (unpaired) electrons. The Kier molecular flexibility index (Phi) is 14.2. The Morgan fingerprint density at radius 2 is 1.96 bits per heavy atom. The van der Waals surface area contributed by atoms with Crippen molar-refractivity contribution in [1.29, 1.82) is 0 Å². The molecule has 132 valence electrons. The van der Waals surface area contributed by atoms with Gasteiger partial charge in [-0.3, -0.25) is 9.79 Å². The molecule has 1 heterocycles. The van der Waals surface area contributed by atoms with Crippen LogP contribution in [0.1, 0.15) is 37.0 Å². The lowest BCUT2D eigenvalue weighted by Gasteiger charge is -2.11. The van der Waals surface area contributed by atoms with E-state index in [1.54, 1.807) is 18.4 Å². The summed E-state index contributed by atoms with van der Waals surface area (Å²) < 4.78 is 4.61. The number of aliphatic imine (C=N–C) groups is 1. The van der Waals surface area contributed by atoms with E-state index in [0.717, 1.165) is 51.2 Å². The third-order valence-electron chi connectivity index (χ3n) is 3.30. The molecule has 0 amide bonds. The van der Waals surface area contributed by atoms with Crippen LogP contribution in [0, 0.1) is 0 Å². The number of esters is 1. The molecular formula is C16H28IN3O2S. The summed E-state index contributed by atoms with van der Waals surface area (Å²) in [5.74, 6) is 0.736. The number of carbonyl (C=O) groups excluding carboxylic acids is 1. The Balaban J connectivity index is 0.00000484. The number of hydrogen-bond donors (Lipinski definition) is 2. The van der Waals surface area contributed by atoms with E-state index >= 15 is 0 Å². The summed E-state index contributed by atoms with van der Waals surface area (Å²) in [6, 6.07) is 4.23. The van der Waals surface area contributed by atoms with Crippen LogP contribution in [0.3, 0.4) is 0 Å². The van der Waals surface area contributed by atoms with Gasteiger partial charge in [0.2, 0.25) is 0 Å². The van der Waals surface area contributed by atoms with Gasteiger partial charge in [-0.05, 0) is 30.7 Å². The largest absolute Gasteiger partial charge is 0.469 e. The fourth-order valence-electron chi connectivity index (χ4n) is 2.04. The van der Waals surface area contributed by atoms with Crippen LogP contribution in [-0.4, -0.2) is 39.2 Å². The van der Waals surface area contributed by atoms with Crippen LogP contribution >= 0.6 is 35.3 Å². The lowest BCUT2D eigenvalue weighted by Crippen LogP contribution is -2.38. The standard InChI is InChI=1S/C16H27N3O2S.HI/c1-17-16(19-12-10-14-8-7-13-22-14)18-11-6-4-3-5-9-15(20)21-2;/h7-8,13H,3-6,9-12H2,1-2H3,(H2,17,18,19);1H. The molecule has 0 aromatic carbocycles. The van der Waals surface area contributed by atoms with Crippen molar-refractivity contribution < 1.29 is 9.53 Å². The summed E-state index contributed by atoms with van der Waals surface area (Å²) in [5.41, 5.74) is 0. The number of unbranched alkanes of at least 4 members (excludes halogenated alkanes) is 3. The maximum atomic E-state index is 11.0. The fourth-order valence-corrected chi connectivity index (χ4v) is 2.75. The topological polar surface area (TPSA) is 62.7 Å². The highest BCUT2D eigenvalue weighted by Gasteiger charge is 2.00. The van der Waals surface area contributed by atoms with Crippen LogP contribution in [0.25, 0.3) is 0 Å². The zero-order valence-corrected chi connectivity index (χ0v) is 17.1. The first-order valence-electron chi connectivity index (χ1n) is 7.80. The quantitative estimate of drug-likeness (QED) is 0.188. The van der Waals surface area contributed by atoms with Gasteiger partial charge in [-0.15, -0.1) is 35.3 Å². The second-order valence-electron chi connectivity index (χ2n) is 5.00. The summed E-state index contributed by atoms with van der Waals surface area (Å²) in [4.78, 5) is 16.6. The maximum absolute atomic E-state index is 11.0. The summed E-state index contributed by atoms with van der Waals surface area (Å²) in [6.07, 6.45) is 5.69. The van der Waals surface area contributed by atoms with Gasteiger partial charge in [0.1, 0.15) is 0 Å². The SMILES string of the molecule is CN=C(NCCCCCCC(=O)OC)NCCc1cccs1.I. The number of carbonyl (C=O) groups is 1. The zero-order valence-electron chi connectivity index (χ0n) is 14.0. The molecule has 0 saturated heterocycles. The molecule has 1 aromatic heterocycles. The van der Waals surface area contributed by atoms with Crippen molar-refractivity contribution in [2.45, 2.75) is 38.5 Å². The van der Waals surface area contributed by atoms with E-state index in [0.29, 0.717) is 6.42 Å². The number of halogens is 1. The van der Waals surface area contributed by atoms with Gasteiger partial charge in [-0.1, -0.05) is 18.9 Å². The van der Waals surface area contributed by atoms with Crippen molar-refractivity contribution in [3.05, 3.63) is 22.4 Å². The van der Waals surface area contributed by atoms with E-state index in [1.807, 2.05) is 0 Å². The molecule has 2 N–H and O–H groups in total. The average molecular weight is 453 g/mol. The van der Waals surface area contributed by atoms with E-state index in [4.69, 9.17) is 0 Å². The van der Waals surface area contributed by atoms with Crippen molar-refractivity contribution in [2.75, 3.05) is 27.2 Å². The van der Waals surface area contributed by atoms with Crippen LogP contribution in [0.5, 0.6) is 0 Å². The van der Waals surface area contributed by atoms with Gasteiger partial charge >= 0.3 is 5.97 Å². The van der Waals surface area contributed by atoms with Gasteiger partial charge in [-0.25, -0.2) is 0 Å². The van der Waals surface area contributed by atoms with Crippen molar-refractivity contribution in [2.24, 2.45) is 4.99 Å². The zero-order chi connectivity index (χ0) is 16.0. The molecular weight excluding hydrogens is 425 g/mol. The molecule has 0 atom stereocenters. The molecule has 7 heteroatoms. The van der Waals surface area contributed by atoms with E-state index in [-0.39, 0.29) is 29.9 Å². The van der Waals surface area contributed by atoms with E-state index in [2.05, 4.69) is 37.9 Å². The number of ether oxygens (including phenoxy) is 1. The molecule has 0 aliphatic heterocycles. The van der Waals surface area contributed by atoms with Crippen LogP contribution in [0.15, 0.2) is 22.5 Å². The number of rotatable bonds is 10. The first-order valence-corrected chi connectivity index (χ1v) is 8.68. The fraction of sp³-hybridized carbons (Fsp3) is 0.625. The van der Waals surface area contributed by atoms with Crippen molar-refractivity contribution in [3.8, 4) is 0 Å². The van der Waals surface area contributed by atoms with Crippen molar-refractivity contribution in [3.63, 3.8) is 0 Å². The highest BCUT2D eigenvalue weighted by molar-refractivity contribution is 14.0. The number of nitrogens with one attached hydrogen (secondary N) is 2. The average Bonchev–Trinajstić information content (AvgIpc) is 3.05. The summed E-state index contributed by atoms with van der Waals surface area (Å²) >= 11 is 1.78. The molecule has 0 aliphatic carbocycles. The second-order valence-corrected chi connectivity index (χ2v) is 6.03. The van der Waals surface area contributed by atoms with Gasteiger partial charge in [-0.2, -0.15) is 0 Å². The van der Waals surface area contributed by atoms with Gasteiger partial charge in [0.15, 0.2) is 5.96 Å². The normalized spacial score (nSPS) is 10.8. The van der Waals surface area contributed by atoms with E-state index < -0.39 is 0 Å². The Hall–Kier alpha value is -0.830. The number of nitrogens with zero attached hydrogens (tertiary/aromatic N) is 1. The summed E-state index contributed by atoms with van der Waals surface area (Å²) in [7, 11) is 3.22. The third-order valence-corrected chi connectivity index (χ3v) is 4.23. The first kappa shape index (κ1) is 22.2. The van der Waals surface area contributed by atoms with Crippen LogP contribution in [-0.2, 0) is 16.0 Å². The van der Waals surface area contributed by atoms with E-state index in [9.17, 15) is 4.79 Å². The minimum absolute atomic E-state index is 0. The van der Waals surface area contributed by atoms with Gasteiger partial charge in [0, 0.05) is 31.4 Å². The highest BCUT2D eigenvalue weighted by Crippen LogP contribution is 2.08. The minimum Gasteiger partial charge on any atom is -0.469 e. The highest BCUT2D eigenvalue weighted by atomic mass is 127. The molecule has 23 heavy (non-hydrogen) atoms. The minimum atomic E-state index is -0.117. The summed E-state index contributed by atoms with van der Waals surface area (Å²) in [6.45, 7) is 1.79. The van der Waals surface area contributed by atoms with Crippen molar-refractivity contribution >= 4 is 47.2 Å². The monoisotopic (exact) mass is 453 g/mol. The van der Waals surface area contributed by atoms with Crippen molar-refractivity contribution in [1.82, 2.24) is 10.6 Å². The van der Waals surface area contributed by atoms with Crippen LogP contribution < -0.4 is 10.6 Å². The molecule has 0 saturated carbocycles. The molecule has 1 aromatic rings. The van der Waals surface area contributed by atoms with Gasteiger partial charge in [0.05, 0.1) is 7.11 Å².